The molecular formula is C12H26N2. The Morgan fingerprint density at radius 1 is 1.43 bits per heavy atom. The molecule has 0 aromatic rings. The quantitative estimate of drug-likeness (QED) is 0.601. The zero-order chi connectivity index (χ0) is 10.4. The molecule has 1 atom stereocenters. The van der Waals surface area contributed by atoms with Crippen LogP contribution in [0.2, 0.25) is 0 Å². The summed E-state index contributed by atoms with van der Waals surface area (Å²) < 4.78 is 0. The first-order valence-corrected chi connectivity index (χ1v) is 6.15. The fourth-order valence-corrected chi connectivity index (χ4v) is 1.81. The first kappa shape index (κ1) is 12.0. The molecule has 0 bridgehead atoms. The molecule has 0 amide bonds. The minimum absolute atomic E-state index is 0.759. The van der Waals surface area contributed by atoms with Gasteiger partial charge in [-0.3, -0.25) is 0 Å². The number of nitrogens with one attached hydrogen (secondary N) is 1. The molecule has 14 heavy (non-hydrogen) atoms. The van der Waals surface area contributed by atoms with Gasteiger partial charge in [0.15, 0.2) is 0 Å². The predicted octanol–water partition coefficient (Wildman–Crippen LogP) is 2.11. The standard InChI is InChI=1S/C12H26N2/c1-4-13-9-5-6-11(2)14(3)10-12-7-8-12/h11-13H,4-10H2,1-3H3. The van der Waals surface area contributed by atoms with Gasteiger partial charge in [-0.25, -0.2) is 0 Å². The minimum atomic E-state index is 0.759. The average molecular weight is 198 g/mol. The largest absolute Gasteiger partial charge is 0.317 e. The van der Waals surface area contributed by atoms with Crippen molar-refractivity contribution in [2.45, 2.75) is 45.6 Å². The minimum Gasteiger partial charge on any atom is -0.317 e. The highest BCUT2D eigenvalue weighted by atomic mass is 15.1. The van der Waals surface area contributed by atoms with Gasteiger partial charge in [0.25, 0.3) is 0 Å². The monoisotopic (exact) mass is 198 g/mol. The van der Waals surface area contributed by atoms with Crippen LogP contribution in [-0.2, 0) is 0 Å². The van der Waals surface area contributed by atoms with E-state index in [1.165, 1.54) is 38.8 Å². The van der Waals surface area contributed by atoms with Gasteiger partial charge in [-0.2, -0.15) is 0 Å². The van der Waals surface area contributed by atoms with Crippen LogP contribution in [-0.4, -0.2) is 37.6 Å². The lowest BCUT2D eigenvalue weighted by Crippen LogP contribution is -2.31. The molecule has 0 radical (unpaired) electrons. The number of hydrogen-bond acceptors (Lipinski definition) is 2. The van der Waals surface area contributed by atoms with Crippen LogP contribution in [0.15, 0.2) is 0 Å². The topological polar surface area (TPSA) is 15.3 Å². The van der Waals surface area contributed by atoms with Crippen molar-refractivity contribution in [3.05, 3.63) is 0 Å². The Bertz CT molecular complexity index is 143. The molecule has 1 saturated carbocycles. The van der Waals surface area contributed by atoms with Crippen molar-refractivity contribution in [3.63, 3.8) is 0 Å². The molecule has 1 aliphatic carbocycles. The van der Waals surface area contributed by atoms with E-state index >= 15 is 0 Å². The van der Waals surface area contributed by atoms with Crippen molar-refractivity contribution in [1.82, 2.24) is 10.2 Å². The van der Waals surface area contributed by atoms with Gasteiger partial charge < -0.3 is 10.2 Å². The van der Waals surface area contributed by atoms with E-state index < -0.39 is 0 Å². The first-order chi connectivity index (χ1) is 6.74. The molecule has 0 aliphatic heterocycles. The van der Waals surface area contributed by atoms with E-state index in [9.17, 15) is 0 Å². The second kappa shape index (κ2) is 6.41. The third-order valence-corrected chi connectivity index (χ3v) is 3.22. The summed E-state index contributed by atoms with van der Waals surface area (Å²) in [4.78, 5) is 2.53. The Kier molecular flexibility index (Phi) is 5.49. The Hall–Kier alpha value is -0.0800. The molecular weight excluding hydrogens is 172 g/mol. The van der Waals surface area contributed by atoms with Crippen molar-refractivity contribution in [1.29, 1.82) is 0 Å². The third-order valence-electron chi connectivity index (χ3n) is 3.22. The van der Waals surface area contributed by atoms with Crippen LogP contribution in [0.3, 0.4) is 0 Å². The van der Waals surface area contributed by atoms with E-state index in [1.54, 1.807) is 0 Å². The fourth-order valence-electron chi connectivity index (χ4n) is 1.81. The molecule has 2 heteroatoms. The first-order valence-electron chi connectivity index (χ1n) is 6.15. The summed E-state index contributed by atoms with van der Waals surface area (Å²) in [6.07, 6.45) is 5.57. The van der Waals surface area contributed by atoms with Gasteiger partial charge in [0.1, 0.15) is 0 Å². The maximum atomic E-state index is 3.38. The van der Waals surface area contributed by atoms with Crippen LogP contribution in [0.1, 0.15) is 39.5 Å². The number of nitrogens with zero attached hydrogens (tertiary/aromatic N) is 1. The van der Waals surface area contributed by atoms with E-state index in [4.69, 9.17) is 0 Å². The second-order valence-corrected chi connectivity index (χ2v) is 4.73. The lowest BCUT2D eigenvalue weighted by Gasteiger charge is -2.24. The molecule has 84 valence electrons. The normalized spacial score (nSPS) is 18.9. The van der Waals surface area contributed by atoms with Gasteiger partial charge in [0, 0.05) is 12.6 Å². The molecule has 0 aromatic heterocycles. The molecule has 1 aliphatic rings. The Labute approximate surface area is 89.1 Å². The third kappa shape index (κ3) is 4.97. The molecule has 1 N–H and O–H groups in total. The molecule has 1 fully saturated rings. The van der Waals surface area contributed by atoms with Crippen LogP contribution in [0.5, 0.6) is 0 Å². The van der Waals surface area contributed by atoms with Gasteiger partial charge in [0.2, 0.25) is 0 Å². The fraction of sp³-hybridized carbons (Fsp3) is 1.00. The summed E-state index contributed by atoms with van der Waals surface area (Å²) in [5.74, 6) is 1.02. The predicted molar refractivity (Wildman–Crippen MR) is 62.6 cm³/mol. The van der Waals surface area contributed by atoms with Crippen LogP contribution in [0.25, 0.3) is 0 Å². The van der Waals surface area contributed by atoms with Crippen molar-refractivity contribution in [2.75, 3.05) is 26.7 Å². The SMILES string of the molecule is CCNCCCC(C)N(C)CC1CC1. The summed E-state index contributed by atoms with van der Waals surface area (Å²) in [6.45, 7) is 8.13. The van der Waals surface area contributed by atoms with Crippen LogP contribution >= 0.6 is 0 Å². The summed E-state index contributed by atoms with van der Waals surface area (Å²) >= 11 is 0. The molecule has 0 spiro atoms. The molecule has 0 aromatic carbocycles. The highest BCUT2D eigenvalue weighted by Crippen LogP contribution is 2.30. The molecule has 1 unspecified atom stereocenters. The van der Waals surface area contributed by atoms with E-state index in [1.807, 2.05) is 0 Å². The van der Waals surface area contributed by atoms with E-state index in [2.05, 4.69) is 31.1 Å². The maximum absolute atomic E-state index is 3.38. The van der Waals surface area contributed by atoms with Crippen LogP contribution in [0.4, 0.5) is 0 Å². The summed E-state index contributed by atoms with van der Waals surface area (Å²) in [5.41, 5.74) is 0. The maximum Gasteiger partial charge on any atom is 0.00644 e. The van der Waals surface area contributed by atoms with E-state index in [0.717, 1.165) is 18.5 Å². The Balaban J connectivity index is 1.97. The van der Waals surface area contributed by atoms with Crippen LogP contribution in [0, 0.1) is 5.92 Å². The lowest BCUT2D eigenvalue weighted by atomic mass is 10.1. The van der Waals surface area contributed by atoms with Crippen molar-refractivity contribution in [3.8, 4) is 0 Å². The number of rotatable bonds is 8. The van der Waals surface area contributed by atoms with Crippen molar-refractivity contribution < 1.29 is 0 Å². The van der Waals surface area contributed by atoms with Crippen LogP contribution < -0.4 is 5.32 Å². The van der Waals surface area contributed by atoms with E-state index in [-0.39, 0.29) is 0 Å². The zero-order valence-corrected chi connectivity index (χ0v) is 10.1. The zero-order valence-electron chi connectivity index (χ0n) is 10.1. The summed E-state index contributed by atoms with van der Waals surface area (Å²) in [6, 6.07) is 0.759. The number of hydrogen-bond donors (Lipinski definition) is 1. The molecule has 1 rings (SSSR count). The second-order valence-electron chi connectivity index (χ2n) is 4.73. The van der Waals surface area contributed by atoms with Gasteiger partial charge in [-0.15, -0.1) is 0 Å². The van der Waals surface area contributed by atoms with Gasteiger partial charge in [-0.1, -0.05) is 6.92 Å². The molecule has 0 saturated heterocycles. The molecule has 0 heterocycles. The summed E-state index contributed by atoms with van der Waals surface area (Å²) in [5, 5.41) is 3.38. The van der Waals surface area contributed by atoms with E-state index in [0.29, 0.717) is 0 Å². The Morgan fingerprint density at radius 3 is 2.71 bits per heavy atom. The highest BCUT2D eigenvalue weighted by Gasteiger charge is 2.24. The smallest absolute Gasteiger partial charge is 0.00644 e. The van der Waals surface area contributed by atoms with Gasteiger partial charge >= 0.3 is 0 Å². The Morgan fingerprint density at radius 2 is 2.14 bits per heavy atom. The lowest BCUT2D eigenvalue weighted by molar-refractivity contribution is 0.233. The summed E-state index contributed by atoms with van der Waals surface area (Å²) in [7, 11) is 2.27. The molecule has 2 nitrogen and oxygen atoms in total. The van der Waals surface area contributed by atoms with Crippen molar-refractivity contribution in [2.24, 2.45) is 5.92 Å². The average Bonchev–Trinajstić information content (AvgIpc) is 2.96. The van der Waals surface area contributed by atoms with Gasteiger partial charge in [-0.05, 0) is 58.7 Å². The van der Waals surface area contributed by atoms with Crippen molar-refractivity contribution >= 4 is 0 Å². The van der Waals surface area contributed by atoms with Gasteiger partial charge in [0.05, 0.1) is 0 Å². The highest BCUT2D eigenvalue weighted by molar-refractivity contribution is 4.78.